The molecule has 0 aliphatic carbocycles. The van der Waals surface area contributed by atoms with E-state index in [1.165, 1.54) is 5.39 Å². The SMILES string of the molecule is CC(C)C(N=O)c1ccc2ccccc2c1. The van der Waals surface area contributed by atoms with E-state index in [4.69, 9.17) is 0 Å². The summed E-state index contributed by atoms with van der Waals surface area (Å²) in [7, 11) is 0. The molecule has 0 aromatic heterocycles. The van der Waals surface area contributed by atoms with Crippen LogP contribution in [0.25, 0.3) is 10.8 Å². The fraction of sp³-hybridized carbons (Fsp3) is 0.286. The molecule has 0 fully saturated rings. The minimum atomic E-state index is -0.246. The molecule has 0 spiro atoms. The van der Waals surface area contributed by atoms with Crippen molar-refractivity contribution in [1.82, 2.24) is 0 Å². The van der Waals surface area contributed by atoms with Crippen LogP contribution in [0.1, 0.15) is 25.5 Å². The lowest BCUT2D eigenvalue weighted by molar-refractivity contribution is 0.514. The molecule has 1 unspecified atom stereocenters. The van der Waals surface area contributed by atoms with Gasteiger partial charge in [-0.15, -0.1) is 0 Å². The second-order valence-corrected chi connectivity index (χ2v) is 4.40. The average molecular weight is 213 g/mol. The van der Waals surface area contributed by atoms with Gasteiger partial charge >= 0.3 is 0 Å². The summed E-state index contributed by atoms with van der Waals surface area (Å²) < 4.78 is 0. The van der Waals surface area contributed by atoms with E-state index in [0.29, 0.717) is 0 Å². The van der Waals surface area contributed by atoms with Crippen LogP contribution in [0.3, 0.4) is 0 Å². The van der Waals surface area contributed by atoms with E-state index in [0.717, 1.165) is 10.9 Å². The quantitative estimate of drug-likeness (QED) is 0.699. The molecule has 0 saturated carbocycles. The van der Waals surface area contributed by atoms with Gasteiger partial charge in [0.15, 0.2) is 0 Å². The van der Waals surface area contributed by atoms with Crippen molar-refractivity contribution in [3.8, 4) is 0 Å². The number of fused-ring (bicyclic) bond motifs is 1. The monoisotopic (exact) mass is 213 g/mol. The van der Waals surface area contributed by atoms with Crippen molar-refractivity contribution in [2.75, 3.05) is 0 Å². The van der Waals surface area contributed by atoms with Crippen molar-refractivity contribution in [2.45, 2.75) is 19.9 Å². The topological polar surface area (TPSA) is 29.4 Å². The maximum atomic E-state index is 10.8. The van der Waals surface area contributed by atoms with E-state index >= 15 is 0 Å². The van der Waals surface area contributed by atoms with E-state index in [-0.39, 0.29) is 12.0 Å². The molecule has 0 saturated heterocycles. The molecular formula is C14H15NO. The molecule has 0 bridgehead atoms. The normalized spacial score (nSPS) is 12.9. The van der Waals surface area contributed by atoms with Crippen LogP contribution in [0.15, 0.2) is 47.6 Å². The number of rotatable bonds is 3. The van der Waals surface area contributed by atoms with Gasteiger partial charge in [-0.05, 0) is 28.3 Å². The number of nitroso groups, excluding NO2 is 1. The van der Waals surface area contributed by atoms with Crippen molar-refractivity contribution >= 4 is 10.8 Å². The van der Waals surface area contributed by atoms with Crippen LogP contribution in [0.2, 0.25) is 0 Å². The fourth-order valence-corrected chi connectivity index (χ4v) is 1.96. The van der Waals surface area contributed by atoms with Crippen LogP contribution in [0.5, 0.6) is 0 Å². The Morgan fingerprint density at radius 3 is 2.31 bits per heavy atom. The molecule has 2 aromatic carbocycles. The van der Waals surface area contributed by atoms with Gasteiger partial charge in [0.05, 0.1) is 0 Å². The largest absolute Gasteiger partial charge is 0.150 e. The Labute approximate surface area is 95.3 Å². The fourth-order valence-electron chi connectivity index (χ4n) is 1.96. The van der Waals surface area contributed by atoms with Crippen molar-refractivity contribution in [3.63, 3.8) is 0 Å². The predicted octanol–water partition coefficient (Wildman–Crippen LogP) is 4.30. The van der Waals surface area contributed by atoms with Gasteiger partial charge in [-0.3, -0.25) is 0 Å². The minimum Gasteiger partial charge on any atom is -0.150 e. The summed E-state index contributed by atoms with van der Waals surface area (Å²) in [6.45, 7) is 4.03. The van der Waals surface area contributed by atoms with Crippen LogP contribution in [-0.2, 0) is 0 Å². The third-order valence-electron chi connectivity index (χ3n) is 2.86. The van der Waals surface area contributed by atoms with Gasteiger partial charge in [0, 0.05) is 0 Å². The molecule has 2 nitrogen and oxygen atoms in total. The van der Waals surface area contributed by atoms with Crippen LogP contribution < -0.4 is 0 Å². The Bertz CT molecular complexity index is 505. The van der Waals surface area contributed by atoms with Gasteiger partial charge in [0.25, 0.3) is 0 Å². The molecule has 0 N–H and O–H groups in total. The molecule has 2 aromatic rings. The number of hydrogen-bond acceptors (Lipinski definition) is 2. The van der Waals surface area contributed by atoms with Crippen molar-refractivity contribution in [2.24, 2.45) is 11.1 Å². The lowest BCUT2D eigenvalue weighted by atomic mass is 9.95. The Hall–Kier alpha value is -1.70. The van der Waals surface area contributed by atoms with Crippen molar-refractivity contribution in [1.29, 1.82) is 0 Å². The standard InChI is InChI=1S/C14H15NO/c1-10(2)14(15-16)13-8-7-11-5-3-4-6-12(11)9-13/h3-10,14H,1-2H3. The summed E-state index contributed by atoms with van der Waals surface area (Å²) in [4.78, 5) is 10.8. The van der Waals surface area contributed by atoms with Crippen LogP contribution in [0.4, 0.5) is 0 Å². The third-order valence-corrected chi connectivity index (χ3v) is 2.86. The van der Waals surface area contributed by atoms with Crippen LogP contribution >= 0.6 is 0 Å². The first kappa shape index (κ1) is 10.8. The van der Waals surface area contributed by atoms with Gasteiger partial charge < -0.3 is 0 Å². The third kappa shape index (κ3) is 1.96. The minimum absolute atomic E-state index is 0.235. The second-order valence-electron chi connectivity index (χ2n) is 4.40. The Kier molecular flexibility index (Phi) is 3.00. The molecule has 0 amide bonds. The highest BCUT2D eigenvalue weighted by Crippen LogP contribution is 2.28. The summed E-state index contributed by atoms with van der Waals surface area (Å²) in [6, 6.07) is 14.0. The van der Waals surface area contributed by atoms with Gasteiger partial charge in [-0.2, -0.15) is 4.91 Å². The van der Waals surface area contributed by atoms with E-state index in [2.05, 4.69) is 23.4 Å². The first-order chi connectivity index (χ1) is 7.72. The molecule has 0 aliphatic rings. The number of nitrogens with zero attached hydrogens (tertiary/aromatic N) is 1. The van der Waals surface area contributed by atoms with Gasteiger partial charge in [0.2, 0.25) is 0 Å². The predicted molar refractivity (Wildman–Crippen MR) is 67.3 cm³/mol. The summed E-state index contributed by atoms with van der Waals surface area (Å²) in [5.74, 6) is 0.235. The Balaban J connectivity index is 2.49. The highest BCUT2D eigenvalue weighted by atomic mass is 16.3. The zero-order chi connectivity index (χ0) is 11.5. The molecule has 1 atom stereocenters. The van der Waals surface area contributed by atoms with E-state index in [1.807, 2.05) is 38.1 Å². The van der Waals surface area contributed by atoms with E-state index < -0.39 is 0 Å². The van der Waals surface area contributed by atoms with Crippen molar-refractivity contribution < 1.29 is 0 Å². The average Bonchev–Trinajstić information content (AvgIpc) is 2.29. The number of benzene rings is 2. The molecule has 0 aliphatic heterocycles. The molecule has 2 rings (SSSR count). The summed E-state index contributed by atoms with van der Waals surface area (Å²) in [5.41, 5.74) is 1.00. The zero-order valence-corrected chi connectivity index (χ0v) is 9.55. The lowest BCUT2D eigenvalue weighted by Crippen LogP contribution is -2.02. The zero-order valence-electron chi connectivity index (χ0n) is 9.55. The first-order valence-electron chi connectivity index (χ1n) is 5.53. The summed E-state index contributed by atoms with van der Waals surface area (Å²) in [6.07, 6.45) is 0. The van der Waals surface area contributed by atoms with Crippen LogP contribution in [-0.4, -0.2) is 0 Å². The molecule has 82 valence electrons. The lowest BCUT2D eigenvalue weighted by Gasteiger charge is -2.13. The molecule has 16 heavy (non-hydrogen) atoms. The molecule has 0 radical (unpaired) electrons. The van der Waals surface area contributed by atoms with Crippen molar-refractivity contribution in [3.05, 3.63) is 52.9 Å². The first-order valence-corrected chi connectivity index (χ1v) is 5.53. The highest BCUT2D eigenvalue weighted by molar-refractivity contribution is 5.83. The molecular weight excluding hydrogens is 198 g/mol. The summed E-state index contributed by atoms with van der Waals surface area (Å²) >= 11 is 0. The maximum absolute atomic E-state index is 10.8. The highest BCUT2D eigenvalue weighted by Gasteiger charge is 2.16. The van der Waals surface area contributed by atoms with Crippen LogP contribution in [0, 0.1) is 10.8 Å². The molecule has 2 heteroatoms. The maximum Gasteiger partial charge on any atom is 0.119 e. The van der Waals surface area contributed by atoms with Gasteiger partial charge in [-0.1, -0.05) is 55.4 Å². The second kappa shape index (κ2) is 4.44. The van der Waals surface area contributed by atoms with Gasteiger partial charge in [-0.25, -0.2) is 0 Å². The summed E-state index contributed by atoms with van der Waals surface area (Å²) in [5, 5.41) is 5.57. The van der Waals surface area contributed by atoms with E-state index in [9.17, 15) is 4.91 Å². The Morgan fingerprint density at radius 2 is 1.69 bits per heavy atom. The number of hydrogen-bond donors (Lipinski definition) is 0. The van der Waals surface area contributed by atoms with E-state index in [1.54, 1.807) is 0 Å². The Morgan fingerprint density at radius 1 is 1.00 bits per heavy atom. The van der Waals surface area contributed by atoms with Gasteiger partial charge in [0.1, 0.15) is 6.04 Å². The molecule has 0 heterocycles. The smallest absolute Gasteiger partial charge is 0.119 e.